The van der Waals surface area contributed by atoms with Crippen LogP contribution in [0.3, 0.4) is 0 Å². The van der Waals surface area contributed by atoms with E-state index in [1.165, 1.54) is 0 Å². The summed E-state index contributed by atoms with van der Waals surface area (Å²) in [4.78, 5) is 11.8. The maximum absolute atomic E-state index is 11.8. The molecule has 124 valence electrons. The molecule has 0 aliphatic rings. The minimum absolute atomic E-state index is 0.552. The zero-order valence-corrected chi connectivity index (χ0v) is 13.7. The second-order valence-electron chi connectivity index (χ2n) is 5.75. The Labute approximate surface area is 141 Å². The number of carboxylic acid groups (broad SMARTS) is 1. The largest absolute Gasteiger partial charge is 0.494 e. The number of rotatable bonds is 7. The SMILES string of the molecule is CCOc1ccc2c(ccn2C(CCc2ccccc2)C(=O)O)c1. The van der Waals surface area contributed by atoms with Crippen LogP contribution in [-0.2, 0) is 11.2 Å². The van der Waals surface area contributed by atoms with Crippen LogP contribution in [0.5, 0.6) is 5.75 Å². The molecule has 2 aromatic carbocycles. The maximum atomic E-state index is 11.8. The van der Waals surface area contributed by atoms with Gasteiger partial charge in [0.15, 0.2) is 0 Å². The molecule has 1 atom stereocenters. The van der Waals surface area contributed by atoms with E-state index in [0.717, 1.165) is 28.6 Å². The van der Waals surface area contributed by atoms with Crippen molar-refractivity contribution in [2.24, 2.45) is 0 Å². The van der Waals surface area contributed by atoms with Crippen molar-refractivity contribution in [3.8, 4) is 5.75 Å². The van der Waals surface area contributed by atoms with Crippen LogP contribution in [-0.4, -0.2) is 22.2 Å². The van der Waals surface area contributed by atoms with Crippen LogP contribution in [0.4, 0.5) is 0 Å². The van der Waals surface area contributed by atoms with E-state index in [9.17, 15) is 9.90 Å². The van der Waals surface area contributed by atoms with Gasteiger partial charge in [-0.1, -0.05) is 30.3 Å². The lowest BCUT2D eigenvalue weighted by atomic mass is 10.0. The molecule has 0 bridgehead atoms. The zero-order valence-electron chi connectivity index (χ0n) is 13.7. The molecule has 4 nitrogen and oxygen atoms in total. The first-order chi connectivity index (χ1) is 11.7. The molecule has 0 spiro atoms. The smallest absolute Gasteiger partial charge is 0.326 e. The van der Waals surface area contributed by atoms with Gasteiger partial charge in [-0.3, -0.25) is 0 Å². The number of aryl methyl sites for hydroxylation is 1. The minimum Gasteiger partial charge on any atom is -0.494 e. The third-order valence-corrected chi connectivity index (χ3v) is 4.17. The third kappa shape index (κ3) is 3.43. The second-order valence-corrected chi connectivity index (χ2v) is 5.75. The summed E-state index contributed by atoms with van der Waals surface area (Å²) in [6.07, 6.45) is 3.13. The number of hydrogen-bond donors (Lipinski definition) is 1. The first-order valence-corrected chi connectivity index (χ1v) is 8.19. The summed E-state index contributed by atoms with van der Waals surface area (Å²) in [6.45, 7) is 2.56. The molecule has 1 aromatic heterocycles. The highest BCUT2D eigenvalue weighted by Crippen LogP contribution is 2.27. The van der Waals surface area contributed by atoms with Gasteiger partial charge in [-0.15, -0.1) is 0 Å². The Morgan fingerprint density at radius 3 is 2.67 bits per heavy atom. The molecule has 0 saturated carbocycles. The topological polar surface area (TPSA) is 51.5 Å². The van der Waals surface area contributed by atoms with Crippen molar-refractivity contribution in [1.29, 1.82) is 0 Å². The lowest BCUT2D eigenvalue weighted by Crippen LogP contribution is -2.19. The summed E-state index contributed by atoms with van der Waals surface area (Å²) < 4.78 is 7.35. The van der Waals surface area contributed by atoms with Crippen LogP contribution < -0.4 is 4.74 Å². The monoisotopic (exact) mass is 323 g/mol. The number of carboxylic acids is 1. The Morgan fingerprint density at radius 1 is 1.17 bits per heavy atom. The van der Waals surface area contributed by atoms with Gasteiger partial charge < -0.3 is 14.4 Å². The highest BCUT2D eigenvalue weighted by Gasteiger charge is 2.20. The molecule has 0 aliphatic heterocycles. The van der Waals surface area contributed by atoms with Crippen LogP contribution >= 0.6 is 0 Å². The van der Waals surface area contributed by atoms with E-state index in [2.05, 4.69) is 0 Å². The van der Waals surface area contributed by atoms with Crippen LogP contribution in [0, 0.1) is 0 Å². The Kier molecular flexibility index (Phi) is 4.85. The van der Waals surface area contributed by atoms with Crippen molar-refractivity contribution >= 4 is 16.9 Å². The Bertz CT molecular complexity index is 823. The van der Waals surface area contributed by atoms with Crippen molar-refractivity contribution in [1.82, 2.24) is 4.57 Å². The number of fused-ring (bicyclic) bond motifs is 1. The summed E-state index contributed by atoms with van der Waals surface area (Å²) in [5, 5.41) is 10.7. The maximum Gasteiger partial charge on any atom is 0.326 e. The van der Waals surface area contributed by atoms with Crippen molar-refractivity contribution in [3.63, 3.8) is 0 Å². The van der Waals surface area contributed by atoms with E-state index in [4.69, 9.17) is 4.74 Å². The Balaban J connectivity index is 1.85. The lowest BCUT2D eigenvalue weighted by molar-refractivity contribution is -0.141. The van der Waals surface area contributed by atoms with E-state index >= 15 is 0 Å². The molecule has 0 saturated heterocycles. The zero-order chi connectivity index (χ0) is 16.9. The molecular formula is C20H21NO3. The molecule has 0 amide bonds. The number of hydrogen-bond acceptors (Lipinski definition) is 2. The summed E-state index contributed by atoms with van der Waals surface area (Å²) in [5.74, 6) is -0.00349. The fourth-order valence-electron chi connectivity index (χ4n) is 3.00. The van der Waals surface area contributed by atoms with Gasteiger partial charge in [-0.05, 0) is 49.6 Å². The highest BCUT2D eigenvalue weighted by molar-refractivity contribution is 5.84. The number of aromatic nitrogens is 1. The second kappa shape index (κ2) is 7.21. The molecule has 24 heavy (non-hydrogen) atoms. The van der Waals surface area contributed by atoms with Gasteiger partial charge in [0.2, 0.25) is 0 Å². The summed E-state index contributed by atoms with van der Waals surface area (Å²) >= 11 is 0. The fourth-order valence-corrected chi connectivity index (χ4v) is 3.00. The lowest BCUT2D eigenvalue weighted by Gasteiger charge is -2.16. The third-order valence-electron chi connectivity index (χ3n) is 4.17. The summed E-state index contributed by atoms with van der Waals surface area (Å²) in [5.41, 5.74) is 2.07. The normalized spacial score (nSPS) is 12.2. The van der Waals surface area contributed by atoms with E-state index in [1.807, 2.05) is 72.3 Å². The predicted molar refractivity (Wildman–Crippen MR) is 94.5 cm³/mol. The van der Waals surface area contributed by atoms with Gasteiger partial charge in [-0.25, -0.2) is 4.79 Å². The van der Waals surface area contributed by atoms with Crippen LogP contribution in [0.1, 0.15) is 24.9 Å². The molecule has 0 radical (unpaired) electrons. The van der Waals surface area contributed by atoms with E-state index in [0.29, 0.717) is 13.0 Å². The van der Waals surface area contributed by atoms with Gasteiger partial charge in [0, 0.05) is 17.1 Å². The number of carbonyl (C=O) groups is 1. The van der Waals surface area contributed by atoms with Gasteiger partial charge in [0.25, 0.3) is 0 Å². The molecule has 1 unspecified atom stereocenters. The average Bonchev–Trinajstić information content (AvgIpc) is 2.99. The number of ether oxygens (including phenoxy) is 1. The number of nitrogens with zero attached hydrogens (tertiary/aromatic N) is 1. The molecule has 0 fully saturated rings. The quantitative estimate of drug-likeness (QED) is 0.705. The highest BCUT2D eigenvalue weighted by atomic mass is 16.5. The standard InChI is InChI=1S/C20H21NO3/c1-2-24-17-9-11-18-16(14-17)12-13-21(18)19(20(22)23)10-8-15-6-4-3-5-7-15/h3-7,9,11-14,19H,2,8,10H2,1H3,(H,22,23). The molecule has 3 aromatic rings. The predicted octanol–water partition coefficient (Wildman–Crippen LogP) is 4.30. The van der Waals surface area contributed by atoms with Crippen molar-refractivity contribution in [2.75, 3.05) is 6.61 Å². The molecule has 1 N–H and O–H groups in total. The van der Waals surface area contributed by atoms with E-state index in [1.54, 1.807) is 0 Å². The van der Waals surface area contributed by atoms with Crippen LogP contribution in [0.2, 0.25) is 0 Å². The van der Waals surface area contributed by atoms with Crippen LogP contribution in [0.15, 0.2) is 60.8 Å². The number of aliphatic carboxylic acids is 1. The molecule has 1 heterocycles. The molecule has 0 aliphatic carbocycles. The molecule has 3 rings (SSSR count). The van der Waals surface area contributed by atoms with Gasteiger partial charge in [-0.2, -0.15) is 0 Å². The van der Waals surface area contributed by atoms with Crippen LogP contribution in [0.25, 0.3) is 10.9 Å². The van der Waals surface area contributed by atoms with E-state index in [-0.39, 0.29) is 0 Å². The molecular weight excluding hydrogens is 302 g/mol. The minimum atomic E-state index is -0.808. The summed E-state index contributed by atoms with van der Waals surface area (Å²) in [6, 6.07) is 17.1. The first kappa shape index (κ1) is 16.1. The Hall–Kier alpha value is -2.75. The molecule has 4 heteroatoms. The number of benzene rings is 2. The van der Waals surface area contributed by atoms with Gasteiger partial charge >= 0.3 is 5.97 Å². The van der Waals surface area contributed by atoms with Crippen molar-refractivity contribution in [2.45, 2.75) is 25.8 Å². The van der Waals surface area contributed by atoms with E-state index < -0.39 is 12.0 Å². The fraction of sp³-hybridized carbons (Fsp3) is 0.250. The summed E-state index contributed by atoms with van der Waals surface area (Å²) in [7, 11) is 0. The van der Waals surface area contributed by atoms with Gasteiger partial charge in [0.1, 0.15) is 11.8 Å². The average molecular weight is 323 g/mol. The first-order valence-electron chi connectivity index (χ1n) is 8.19. The Morgan fingerprint density at radius 2 is 1.96 bits per heavy atom. The van der Waals surface area contributed by atoms with Gasteiger partial charge in [0.05, 0.1) is 6.61 Å². The van der Waals surface area contributed by atoms with Crippen molar-refractivity contribution in [3.05, 3.63) is 66.4 Å². The van der Waals surface area contributed by atoms with Crippen molar-refractivity contribution < 1.29 is 14.6 Å².